The van der Waals surface area contributed by atoms with Crippen LogP contribution in [0, 0.1) is 5.92 Å². The summed E-state index contributed by atoms with van der Waals surface area (Å²) in [7, 11) is 0. The standard InChI is InChI=1S/C46H52N6O5S/c53-29-39-35-20-23-51(27-30-18-21-47-22-19-30)44(35)36-26-32(14-15-38(36)49-39)31-9-7-10-33(25-31)48-42(54)13-5-3-1-2-4-6-24-58-41-12-8-11-34-37(41)28-52(46(34)57)40-16-17-43(55)50-45(40)56/h7-12,14-15,18-19,21-22,25-26,35,39-40,44,49,53H,1-6,13,16-17,20,23-24,27-29H2,(H,48,54)(H,50,55,56)/t35-,39-,40?,44-/m1/s1. The fraction of sp³-hybridized carbons (Fsp3) is 0.413. The zero-order chi connectivity index (χ0) is 40.0. The highest BCUT2D eigenvalue weighted by Crippen LogP contribution is 2.48. The fourth-order valence-corrected chi connectivity index (χ4v) is 10.3. The molecule has 1 aromatic heterocycles. The van der Waals surface area contributed by atoms with Gasteiger partial charge in [0.05, 0.1) is 12.6 Å². The van der Waals surface area contributed by atoms with Gasteiger partial charge in [-0.3, -0.25) is 34.4 Å². The number of piperidine rings is 1. The van der Waals surface area contributed by atoms with Crippen molar-refractivity contribution < 1.29 is 24.3 Å². The molecular formula is C46H52N6O5S. The van der Waals surface area contributed by atoms with Gasteiger partial charge in [-0.2, -0.15) is 0 Å². The Morgan fingerprint density at radius 1 is 0.897 bits per heavy atom. The van der Waals surface area contributed by atoms with Crippen molar-refractivity contribution in [1.82, 2.24) is 20.1 Å². The predicted octanol–water partition coefficient (Wildman–Crippen LogP) is 7.32. The Kier molecular flexibility index (Phi) is 12.5. The van der Waals surface area contributed by atoms with Crippen molar-refractivity contribution in [2.24, 2.45) is 5.92 Å². The third-order valence-corrected chi connectivity index (χ3v) is 13.4. The number of carbonyl (C=O) groups is 4. The molecule has 302 valence electrons. The van der Waals surface area contributed by atoms with Crippen molar-refractivity contribution in [3.63, 3.8) is 0 Å². The van der Waals surface area contributed by atoms with E-state index in [9.17, 15) is 24.3 Å². The molecule has 2 fully saturated rings. The minimum absolute atomic E-state index is 0.0221. The van der Waals surface area contributed by atoms with Crippen LogP contribution in [0.3, 0.4) is 0 Å². The topological polar surface area (TPSA) is 144 Å². The Morgan fingerprint density at radius 3 is 2.52 bits per heavy atom. The molecule has 11 nitrogen and oxygen atoms in total. The zero-order valence-corrected chi connectivity index (χ0v) is 33.6. The number of amides is 4. The molecule has 4 aromatic rings. The van der Waals surface area contributed by atoms with Gasteiger partial charge >= 0.3 is 0 Å². The molecule has 4 amide bonds. The second-order valence-corrected chi connectivity index (χ2v) is 17.1. The highest BCUT2D eigenvalue weighted by atomic mass is 32.2. The third-order valence-electron chi connectivity index (χ3n) is 12.2. The minimum atomic E-state index is -0.601. The highest BCUT2D eigenvalue weighted by molar-refractivity contribution is 7.99. The number of carbonyl (C=O) groups excluding carboxylic acids is 4. The van der Waals surface area contributed by atoms with Crippen LogP contribution in [-0.4, -0.2) is 74.5 Å². The largest absolute Gasteiger partial charge is 0.394 e. The Morgan fingerprint density at radius 2 is 1.69 bits per heavy atom. The Balaban J connectivity index is 0.770. The summed E-state index contributed by atoms with van der Waals surface area (Å²) >= 11 is 1.76. The number of aliphatic hydroxyl groups excluding tert-OH is 1. The van der Waals surface area contributed by atoms with Crippen molar-refractivity contribution in [1.29, 1.82) is 0 Å². The van der Waals surface area contributed by atoms with Gasteiger partial charge < -0.3 is 20.6 Å². The highest BCUT2D eigenvalue weighted by Gasteiger charge is 2.44. The fourth-order valence-electron chi connectivity index (χ4n) is 9.21. The first kappa shape index (κ1) is 39.8. The van der Waals surface area contributed by atoms with E-state index in [0.29, 0.717) is 30.9 Å². The summed E-state index contributed by atoms with van der Waals surface area (Å²) in [5.74, 6) is 0.493. The van der Waals surface area contributed by atoms with Gasteiger partial charge in [0.15, 0.2) is 0 Å². The number of nitrogens with one attached hydrogen (secondary N) is 3. The number of hydrogen-bond acceptors (Lipinski definition) is 9. The van der Waals surface area contributed by atoms with Crippen LogP contribution < -0.4 is 16.0 Å². The van der Waals surface area contributed by atoms with E-state index in [0.717, 1.165) is 96.7 Å². The molecule has 0 aliphatic carbocycles. The summed E-state index contributed by atoms with van der Waals surface area (Å²) in [6.45, 7) is 2.31. The average Bonchev–Trinajstić information content (AvgIpc) is 3.81. The molecule has 12 heteroatoms. The van der Waals surface area contributed by atoms with Crippen molar-refractivity contribution in [2.45, 2.75) is 100 Å². The monoisotopic (exact) mass is 800 g/mol. The lowest BCUT2D eigenvalue weighted by molar-refractivity contribution is -0.137. The van der Waals surface area contributed by atoms with E-state index in [-0.39, 0.29) is 48.7 Å². The lowest BCUT2D eigenvalue weighted by Crippen LogP contribution is -2.52. The van der Waals surface area contributed by atoms with Crippen molar-refractivity contribution in [2.75, 3.05) is 29.5 Å². The molecule has 0 bridgehead atoms. The summed E-state index contributed by atoms with van der Waals surface area (Å²) < 4.78 is 0. The van der Waals surface area contributed by atoms with Crippen LogP contribution in [0.5, 0.6) is 0 Å². The van der Waals surface area contributed by atoms with Crippen molar-refractivity contribution in [3.8, 4) is 11.1 Å². The van der Waals surface area contributed by atoms with Gasteiger partial charge in [0.2, 0.25) is 17.7 Å². The Labute approximate surface area is 344 Å². The van der Waals surface area contributed by atoms with Gasteiger partial charge in [-0.1, -0.05) is 49.9 Å². The molecule has 0 spiro atoms. The summed E-state index contributed by atoms with van der Waals surface area (Å²) in [6, 6.07) is 24.2. The number of pyridine rings is 1. The second-order valence-electron chi connectivity index (χ2n) is 16.0. The van der Waals surface area contributed by atoms with Crippen molar-refractivity contribution in [3.05, 3.63) is 107 Å². The number of aliphatic hydroxyl groups is 1. The van der Waals surface area contributed by atoms with Crippen LogP contribution in [0.15, 0.2) is 90.1 Å². The van der Waals surface area contributed by atoms with E-state index in [1.54, 1.807) is 16.7 Å². The first-order valence-corrected chi connectivity index (χ1v) is 21.8. The minimum Gasteiger partial charge on any atom is -0.394 e. The number of thioether (sulfide) groups is 1. The maximum absolute atomic E-state index is 13.1. The molecule has 58 heavy (non-hydrogen) atoms. The van der Waals surface area contributed by atoms with Gasteiger partial charge in [-0.05, 0) is 114 Å². The van der Waals surface area contributed by atoms with Gasteiger partial charge in [0.1, 0.15) is 6.04 Å². The van der Waals surface area contributed by atoms with Crippen LogP contribution in [0.4, 0.5) is 11.4 Å². The number of unbranched alkanes of at least 4 members (excludes halogenated alkanes) is 5. The molecule has 8 rings (SSSR count). The molecule has 2 saturated heterocycles. The maximum atomic E-state index is 13.1. The number of benzene rings is 3. The summed E-state index contributed by atoms with van der Waals surface area (Å²) in [5, 5.41) is 19.4. The number of hydrogen-bond donors (Lipinski definition) is 4. The van der Waals surface area contributed by atoms with E-state index in [4.69, 9.17) is 0 Å². The molecule has 4 aliphatic rings. The molecule has 4 N–H and O–H groups in total. The van der Waals surface area contributed by atoms with E-state index < -0.39 is 6.04 Å². The number of nitrogens with zero attached hydrogens (tertiary/aromatic N) is 3. The van der Waals surface area contributed by atoms with E-state index >= 15 is 0 Å². The van der Waals surface area contributed by atoms with E-state index in [1.807, 2.05) is 36.7 Å². The SMILES string of the molecule is O=C1CCC(N2Cc3c(SCCCCCCCCC(=O)Nc4cccc(-c5ccc6c(c5)[C@H]5[C@H](CCN5Cc5ccncc5)[C@@H](CO)N6)c4)cccc3C2=O)C(=O)N1. The third kappa shape index (κ3) is 8.84. The smallest absolute Gasteiger partial charge is 0.255 e. The van der Waals surface area contributed by atoms with E-state index in [2.05, 4.69) is 74.4 Å². The first-order valence-electron chi connectivity index (χ1n) is 20.8. The Bertz CT molecular complexity index is 2150. The molecular weight excluding hydrogens is 749 g/mol. The quantitative estimate of drug-likeness (QED) is 0.0521. The van der Waals surface area contributed by atoms with E-state index in [1.165, 1.54) is 11.1 Å². The number of aromatic nitrogens is 1. The molecule has 1 unspecified atom stereocenters. The number of fused-ring (bicyclic) bond motifs is 4. The van der Waals surface area contributed by atoms with Crippen LogP contribution in [-0.2, 0) is 27.5 Å². The van der Waals surface area contributed by atoms with Gasteiger partial charge in [0.25, 0.3) is 5.91 Å². The predicted molar refractivity (Wildman–Crippen MR) is 226 cm³/mol. The molecule has 5 heterocycles. The van der Waals surface area contributed by atoms with Crippen molar-refractivity contribution >= 4 is 46.8 Å². The number of anilines is 2. The summed E-state index contributed by atoms with van der Waals surface area (Å²) in [4.78, 5) is 59.5. The average molecular weight is 801 g/mol. The first-order chi connectivity index (χ1) is 28.4. The number of likely N-dealkylation sites (tertiary alicyclic amines) is 1. The number of rotatable bonds is 16. The van der Waals surface area contributed by atoms with Crippen LogP contribution in [0.2, 0.25) is 0 Å². The van der Waals surface area contributed by atoms with Crippen LogP contribution in [0.1, 0.15) is 97.3 Å². The van der Waals surface area contributed by atoms with Crippen LogP contribution >= 0.6 is 11.8 Å². The molecule has 0 radical (unpaired) electrons. The van der Waals surface area contributed by atoms with Gasteiger partial charge in [-0.25, -0.2) is 0 Å². The van der Waals surface area contributed by atoms with Crippen LogP contribution in [0.25, 0.3) is 11.1 Å². The lowest BCUT2D eigenvalue weighted by Gasteiger charge is -2.39. The molecule has 4 aliphatic heterocycles. The summed E-state index contributed by atoms with van der Waals surface area (Å²) in [6.07, 6.45) is 12.0. The van der Waals surface area contributed by atoms with Gasteiger partial charge in [0, 0.05) is 72.1 Å². The maximum Gasteiger partial charge on any atom is 0.255 e. The second kappa shape index (κ2) is 18.3. The summed E-state index contributed by atoms with van der Waals surface area (Å²) in [5.41, 5.74) is 8.15. The van der Waals surface area contributed by atoms with Gasteiger partial charge in [-0.15, -0.1) is 11.8 Å². The lowest BCUT2D eigenvalue weighted by atomic mass is 9.82. The zero-order valence-electron chi connectivity index (χ0n) is 32.8. The molecule has 3 aromatic carbocycles. The number of imide groups is 1. The normalized spacial score (nSPS) is 21.3. The Hall–Kier alpha value is -5.04. The molecule has 4 atom stereocenters. The molecule has 0 saturated carbocycles.